The summed E-state index contributed by atoms with van der Waals surface area (Å²) in [6, 6.07) is 0. The van der Waals surface area contributed by atoms with Gasteiger partial charge in [0.25, 0.3) is 0 Å². The molecule has 0 unspecified atom stereocenters. The fraction of sp³-hybridized carbons (Fsp3) is 0.308. The van der Waals surface area contributed by atoms with Crippen LogP contribution in [0.5, 0.6) is 0 Å². The van der Waals surface area contributed by atoms with Crippen LogP contribution in [-0.2, 0) is 16.1 Å². The monoisotopic (exact) mass is 262 g/mol. The van der Waals surface area contributed by atoms with Crippen molar-refractivity contribution >= 4 is 17.8 Å². The van der Waals surface area contributed by atoms with Gasteiger partial charge in [0.05, 0.1) is 22.5 Å². The molecule has 1 aromatic rings. The number of carbonyl (C=O) groups is 1. The van der Waals surface area contributed by atoms with Crippen molar-refractivity contribution in [1.82, 2.24) is 5.16 Å². The van der Waals surface area contributed by atoms with Crippen molar-refractivity contribution in [2.45, 2.75) is 26.7 Å². The normalized spacial score (nSPS) is 17.3. The number of aromatic amines is 1. The molecule has 0 fully saturated rings. The zero-order valence-electron chi connectivity index (χ0n) is 10.7. The molecule has 0 aliphatic carbocycles. The minimum atomic E-state index is -0.474. The van der Waals surface area contributed by atoms with Crippen LogP contribution in [0.4, 0.5) is 0 Å². The summed E-state index contributed by atoms with van der Waals surface area (Å²) in [5.41, 5.74) is 1.77. The number of nitrogens with zero attached hydrogens (tertiary/aromatic N) is 1. The van der Waals surface area contributed by atoms with E-state index in [-0.39, 0.29) is 0 Å². The number of H-pyrrole nitrogens is 1. The lowest BCUT2D eigenvalue weighted by Crippen LogP contribution is -2.03. The summed E-state index contributed by atoms with van der Waals surface area (Å²) in [7, 11) is 0. The van der Waals surface area contributed by atoms with E-state index in [0.717, 1.165) is 5.69 Å². The van der Waals surface area contributed by atoms with Crippen molar-refractivity contribution in [3.8, 4) is 0 Å². The molecule has 1 aliphatic rings. The number of hydrogen-bond donors (Lipinski definition) is 1. The van der Waals surface area contributed by atoms with E-state index in [1.807, 2.05) is 13.8 Å². The van der Waals surface area contributed by atoms with Crippen LogP contribution in [0.3, 0.4) is 0 Å². The molecule has 1 N–H and O–H groups in total. The van der Waals surface area contributed by atoms with Crippen molar-refractivity contribution < 1.29 is 14.2 Å². The molecule has 2 heterocycles. The summed E-state index contributed by atoms with van der Waals surface area (Å²) in [6.07, 6.45) is 6.08. The molecular weight excluding hydrogens is 248 g/mol. The number of hydrogen-bond acceptors (Lipinski definition) is 5. The minimum absolute atomic E-state index is 0.414. The maximum Gasteiger partial charge on any atom is 0.367 e. The molecule has 0 aromatic carbocycles. The Morgan fingerprint density at radius 3 is 2.74 bits per heavy atom. The van der Waals surface area contributed by atoms with Gasteiger partial charge < -0.3 is 9.36 Å². The predicted molar refractivity (Wildman–Crippen MR) is 69.6 cm³/mol. The van der Waals surface area contributed by atoms with Crippen molar-refractivity contribution in [2.24, 2.45) is 5.16 Å². The van der Waals surface area contributed by atoms with Crippen molar-refractivity contribution in [1.29, 1.82) is 0 Å². The SMILES string of the molecule is CCC1=NOC(=O)C1=CC=Cc1c(CC)[nH]oc1=O. The minimum Gasteiger partial charge on any atom is -0.338 e. The van der Waals surface area contributed by atoms with Gasteiger partial charge in [0.15, 0.2) is 0 Å². The Kier molecular flexibility index (Phi) is 3.79. The Morgan fingerprint density at radius 2 is 2.05 bits per heavy atom. The molecule has 6 heteroatoms. The van der Waals surface area contributed by atoms with Crippen LogP contribution >= 0.6 is 0 Å². The van der Waals surface area contributed by atoms with Gasteiger partial charge in [0.1, 0.15) is 0 Å². The molecule has 0 saturated carbocycles. The maximum absolute atomic E-state index is 11.4. The van der Waals surface area contributed by atoms with E-state index in [0.29, 0.717) is 29.7 Å². The second kappa shape index (κ2) is 5.51. The summed E-state index contributed by atoms with van der Waals surface area (Å²) in [4.78, 5) is 27.4. The Labute approximate surface area is 109 Å². The quantitative estimate of drug-likeness (QED) is 0.662. The fourth-order valence-corrected chi connectivity index (χ4v) is 1.74. The molecule has 1 aliphatic heterocycles. The van der Waals surface area contributed by atoms with Crippen molar-refractivity contribution in [3.63, 3.8) is 0 Å². The Bertz CT molecular complexity index is 631. The Morgan fingerprint density at radius 1 is 1.26 bits per heavy atom. The number of nitrogens with one attached hydrogen (secondary N) is 1. The van der Waals surface area contributed by atoms with Crippen LogP contribution in [0.1, 0.15) is 31.5 Å². The zero-order valence-corrected chi connectivity index (χ0v) is 10.7. The van der Waals surface area contributed by atoms with Crippen LogP contribution in [0.15, 0.2) is 32.2 Å². The number of carbonyl (C=O) groups excluding carboxylic acids is 1. The van der Waals surface area contributed by atoms with Gasteiger partial charge in [-0.1, -0.05) is 25.1 Å². The molecule has 19 heavy (non-hydrogen) atoms. The van der Waals surface area contributed by atoms with Gasteiger partial charge in [-0.25, -0.2) is 14.7 Å². The number of allylic oxidation sites excluding steroid dienone is 2. The smallest absolute Gasteiger partial charge is 0.338 e. The van der Waals surface area contributed by atoms with Crippen LogP contribution in [0, 0.1) is 0 Å². The lowest BCUT2D eigenvalue weighted by molar-refractivity contribution is -0.136. The molecule has 1 aromatic heterocycles. The van der Waals surface area contributed by atoms with E-state index >= 15 is 0 Å². The molecule has 6 nitrogen and oxygen atoms in total. The first-order chi connectivity index (χ1) is 9.17. The molecule has 0 spiro atoms. The summed E-state index contributed by atoms with van der Waals surface area (Å²) in [5.74, 6) is -0.474. The first-order valence-corrected chi connectivity index (χ1v) is 6.04. The van der Waals surface area contributed by atoms with Gasteiger partial charge >= 0.3 is 11.6 Å². The lowest BCUT2D eigenvalue weighted by Gasteiger charge is -1.92. The molecule has 0 bridgehead atoms. The van der Waals surface area contributed by atoms with Gasteiger partial charge in [0.2, 0.25) is 0 Å². The highest BCUT2D eigenvalue weighted by Crippen LogP contribution is 2.14. The second-order valence-corrected chi connectivity index (χ2v) is 3.95. The third-order valence-corrected chi connectivity index (χ3v) is 2.80. The zero-order chi connectivity index (χ0) is 13.8. The van der Waals surface area contributed by atoms with Crippen molar-refractivity contribution in [2.75, 3.05) is 0 Å². The summed E-state index contributed by atoms with van der Waals surface area (Å²) in [6.45, 7) is 3.79. The average molecular weight is 262 g/mol. The summed E-state index contributed by atoms with van der Waals surface area (Å²) >= 11 is 0. The van der Waals surface area contributed by atoms with E-state index in [1.165, 1.54) is 0 Å². The van der Waals surface area contributed by atoms with Crippen LogP contribution in [-0.4, -0.2) is 16.8 Å². The Hall–Kier alpha value is -2.37. The summed E-state index contributed by atoms with van der Waals surface area (Å²) in [5, 5.41) is 6.22. The molecule has 0 amide bonds. The highest BCUT2D eigenvalue weighted by atomic mass is 16.7. The molecule has 0 radical (unpaired) electrons. The van der Waals surface area contributed by atoms with Gasteiger partial charge in [-0.15, -0.1) is 0 Å². The highest BCUT2D eigenvalue weighted by Gasteiger charge is 2.22. The first-order valence-electron chi connectivity index (χ1n) is 6.04. The highest BCUT2D eigenvalue weighted by molar-refractivity contribution is 6.22. The van der Waals surface area contributed by atoms with Crippen LogP contribution in [0.25, 0.3) is 6.08 Å². The van der Waals surface area contributed by atoms with Gasteiger partial charge in [0, 0.05) is 0 Å². The second-order valence-electron chi connectivity index (χ2n) is 3.95. The number of oxime groups is 1. The Balaban J connectivity index is 2.24. The standard InChI is InChI=1S/C13H14N2O4/c1-3-10-8(12(16)18-14-10)6-5-7-9-11(4-2)15-19-13(9)17/h5-7,14H,3-4H2,1-2H3. The summed E-state index contributed by atoms with van der Waals surface area (Å²) < 4.78 is 4.70. The van der Waals surface area contributed by atoms with Crippen LogP contribution in [0.2, 0.25) is 0 Å². The van der Waals surface area contributed by atoms with Crippen molar-refractivity contribution in [3.05, 3.63) is 39.4 Å². The third kappa shape index (κ3) is 2.57. The van der Waals surface area contributed by atoms with Crippen LogP contribution < -0.4 is 5.63 Å². The molecule has 0 saturated heterocycles. The predicted octanol–water partition coefficient (Wildman–Crippen LogP) is 1.79. The third-order valence-electron chi connectivity index (χ3n) is 2.80. The topological polar surface area (TPSA) is 84.7 Å². The number of aryl methyl sites for hydroxylation is 1. The number of rotatable bonds is 4. The van der Waals surface area contributed by atoms with E-state index in [9.17, 15) is 9.59 Å². The average Bonchev–Trinajstić information content (AvgIpc) is 2.94. The van der Waals surface area contributed by atoms with Gasteiger partial charge in [-0.2, -0.15) is 0 Å². The number of aromatic nitrogens is 1. The molecule has 2 rings (SSSR count). The van der Waals surface area contributed by atoms with E-state index in [4.69, 9.17) is 4.52 Å². The molecule has 100 valence electrons. The van der Waals surface area contributed by atoms with E-state index < -0.39 is 11.6 Å². The fourth-order valence-electron chi connectivity index (χ4n) is 1.74. The lowest BCUT2D eigenvalue weighted by atomic mass is 10.1. The maximum atomic E-state index is 11.4. The van der Waals surface area contributed by atoms with E-state index in [2.05, 4.69) is 15.1 Å². The molecular formula is C13H14N2O4. The first kappa shape index (κ1) is 13.1. The van der Waals surface area contributed by atoms with E-state index in [1.54, 1.807) is 18.2 Å². The van der Waals surface area contributed by atoms with Gasteiger partial charge in [-0.05, 0) is 25.0 Å². The molecule has 0 atom stereocenters. The largest absolute Gasteiger partial charge is 0.367 e. The van der Waals surface area contributed by atoms with Gasteiger partial charge in [-0.3, -0.25) is 0 Å².